The van der Waals surface area contributed by atoms with Gasteiger partial charge in [-0.15, -0.1) is 0 Å². The number of aromatic amines is 1. The first-order valence-electron chi connectivity index (χ1n) is 11.3. The monoisotopic (exact) mass is 553 g/mol. The highest BCUT2D eigenvalue weighted by atomic mass is 19.4. The number of aromatic nitrogens is 4. The van der Waals surface area contributed by atoms with Gasteiger partial charge in [-0.25, -0.2) is 15.1 Å². The topological polar surface area (TPSA) is 126 Å². The van der Waals surface area contributed by atoms with E-state index in [9.17, 15) is 35.9 Å². The second-order valence-electron chi connectivity index (χ2n) is 8.23. The van der Waals surface area contributed by atoms with Crippen LogP contribution in [0, 0.1) is 0 Å². The van der Waals surface area contributed by atoms with Gasteiger partial charge >= 0.3 is 12.4 Å². The van der Waals surface area contributed by atoms with Gasteiger partial charge in [-0.3, -0.25) is 9.59 Å². The maximum Gasteiger partial charge on any atom is 0.434 e. The third kappa shape index (κ3) is 7.77. The van der Waals surface area contributed by atoms with Gasteiger partial charge in [0.1, 0.15) is 11.4 Å². The van der Waals surface area contributed by atoms with Crippen molar-refractivity contribution in [1.82, 2.24) is 25.1 Å². The summed E-state index contributed by atoms with van der Waals surface area (Å²) in [5, 5.41) is 7.69. The summed E-state index contributed by atoms with van der Waals surface area (Å²) in [7, 11) is 1.34. The minimum absolute atomic E-state index is 0.000148. The molecule has 1 saturated heterocycles. The Balaban J connectivity index is 1.45. The molecular formula is C21H25F6N7O4. The number of amides is 1. The van der Waals surface area contributed by atoms with Crippen LogP contribution in [0.15, 0.2) is 23.4 Å². The van der Waals surface area contributed by atoms with E-state index < -0.39 is 40.9 Å². The number of H-pyrrole nitrogens is 1. The number of hydrogen-bond donors (Lipinski definition) is 2. The van der Waals surface area contributed by atoms with Crippen molar-refractivity contribution in [3.63, 3.8) is 0 Å². The Morgan fingerprint density at radius 2 is 1.76 bits per heavy atom. The first-order valence-corrected chi connectivity index (χ1v) is 11.3. The van der Waals surface area contributed by atoms with Gasteiger partial charge in [-0.1, -0.05) is 0 Å². The molecule has 3 heterocycles. The van der Waals surface area contributed by atoms with Crippen LogP contribution in [0.25, 0.3) is 0 Å². The van der Waals surface area contributed by atoms with Crippen LogP contribution < -0.4 is 15.8 Å². The fourth-order valence-electron chi connectivity index (χ4n) is 3.70. The molecule has 210 valence electrons. The average molecular weight is 553 g/mol. The van der Waals surface area contributed by atoms with Crippen LogP contribution in [-0.2, 0) is 26.6 Å². The zero-order valence-electron chi connectivity index (χ0n) is 20.1. The number of rotatable bonds is 10. The molecule has 17 heteroatoms. The van der Waals surface area contributed by atoms with E-state index in [1.165, 1.54) is 7.11 Å². The molecule has 0 bridgehead atoms. The fourth-order valence-corrected chi connectivity index (χ4v) is 3.70. The fraction of sp³-hybridized carbons (Fsp3) is 0.571. The number of anilines is 2. The highest BCUT2D eigenvalue weighted by Crippen LogP contribution is 2.31. The van der Waals surface area contributed by atoms with Crippen molar-refractivity contribution in [2.75, 3.05) is 63.3 Å². The van der Waals surface area contributed by atoms with Gasteiger partial charge < -0.3 is 24.6 Å². The van der Waals surface area contributed by atoms with Crippen LogP contribution >= 0.6 is 0 Å². The molecule has 0 aromatic carbocycles. The Morgan fingerprint density at radius 3 is 2.34 bits per heavy atom. The second-order valence-corrected chi connectivity index (χ2v) is 8.23. The predicted octanol–water partition coefficient (Wildman–Crippen LogP) is 1.78. The molecule has 0 radical (unpaired) electrons. The van der Waals surface area contributed by atoms with Crippen LogP contribution in [0.5, 0.6) is 0 Å². The Hall–Kier alpha value is -3.47. The molecule has 0 aliphatic carbocycles. The Labute approximate surface area is 212 Å². The molecule has 2 aromatic rings. The summed E-state index contributed by atoms with van der Waals surface area (Å²) in [6.45, 7) is 1.12. The molecule has 11 nitrogen and oxygen atoms in total. The van der Waals surface area contributed by atoms with Gasteiger partial charge in [0, 0.05) is 33.3 Å². The summed E-state index contributed by atoms with van der Waals surface area (Å²) < 4.78 is 88.2. The predicted molar refractivity (Wildman–Crippen MR) is 120 cm³/mol. The smallest absolute Gasteiger partial charge is 0.382 e. The molecule has 2 N–H and O–H groups in total. The molecule has 1 fully saturated rings. The van der Waals surface area contributed by atoms with Gasteiger partial charge in [-0.05, 0) is 0 Å². The van der Waals surface area contributed by atoms with Crippen molar-refractivity contribution in [3.8, 4) is 0 Å². The number of carbonyl (C=O) groups is 1. The molecule has 1 aliphatic heterocycles. The third-order valence-electron chi connectivity index (χ3n) is 5.53. The summed E-state index contributed by atoms with van der Waals surface area (Å²) in [6.07, 6.45) is -6.95. The lowest BCUT2D eigenvalue weighted by Crippen LogP contribution is -2.49. The zero-order chi connectivity index (χ0) is 27.9. The quantitative estimate of drug-likeness (QED) is 0.335. The third-order valence-corrected chi connectivity index (χ3v) is 5.53. The average Bonchev–Trinajstić information content (AvgIpc) is 2.85. The molecule has 38 heavy (non-hydrogen) atoms. The van der Waals surface area contributed by atoms with E-state index in [1.54, 1.807) is 14.9 Å². The number of nitrogens with one attached hydrogen (secondary N) is 2. The number of nitrogens with zero attached hydrogens (tertiary/aromatic N) is 5. The number of halogens is 6. The van der Waals surface area contributed by atoms with Crippen molar-refractivity contribution >= 4 is 17.4 Å². The Kier molecular flexibility index (Phi) is 9.48. The van der Waals surface area contributed by atoms with Crippen LogP contribution in [0.2, 0.25) is 0 Å². The lowest BCUT2D eigenvalue weighted by atomic mass is 10.2. The van der Waals surface area contributed by atoms with Gasteiger partial charge in [0.25, 0.3) is 5.56 Å². The standard InChI is InChI=1S/C21H25F6N7O4/c1-37-11-13(31-14-8-30-32-19(36)18(14)21(25,26)27)12-38-7-2-17(35)34-5-3-33(4-6-34)16-10-28-15(9-29-16)20(22,23)24/h8-10,13H,2-7,11-12H2,1H3,(H2,31,32,36)/t13-/m0/s1. The van der Waals surface area contributed by atoms with Gasteiger partial charge in [0.05, 0.1) is 56.6 Å². The summed E-state index contributed by atoms with van der Waals surface area (Å²) in [5.41, 5.74) is -4.44. The Morgan fingerprint density at radius 1 is 1.05 bits per heavy atom. The van der Waals surface area contributed by atoms with E-state index >= 15 is 0 Å². The number of alkyl halides is 6. The second kappa shape index (κ2) is 12.4. The largest absolute Gasteiger partial charge is 0.434 e. The molecule has 3 rings (SSSR count). The normalized spacial score (nSPS) is 15.4. The molecule has 0 unspecified atom stereocenters. The molecule has 2 aromatic heterocycles. The highest BCUT2D eigenvalue weighted by molar-refractivity contribution is 5.76. The number of carbonyl (C=O) groups excluding carboxylic acids is 1. The minimum atomic E-state index is -4.91. The highest BCUT2D eigenvalue weighted by Gasteiger charge is 2.38. The molecule has 1 atom stereocenters. The zero-order valence-corrected chi connectivity index (χ0v) is 20.1. The van der Waals surface area contributed by atoms with Crippen LogP contribution in [0.3, 0.4) is 0 Å². The maximum atomic E-state index is 13.3. The van der Waals surface area contributed by atoms with Crippen molar-refractivity contribution in [2.24, 2.45) is 0 Å². The molecule has 0 saturated carbocycles. The lowest BCUT2D eigenvalue weighted by Gasteiger charge is -2.35. The molecular weight excluding hydrogens is 528 g/mol. The van der Waals surface area contributed by atoms with E-state index in [2.05, 4.69) is 20.4 Å². The van der Waals surface area contributed by atoms with Gasteiger partial charge in [0.2, 0.25) is 5.91 Å². The van der Waals surface area contributed by atoms with E-state index in [1.807, 2.05) is 0 Å². The van der Waals surface area contributed by atoms with E-state index in [4.69, 9.17) is 9.47 Å². The van der Waals surface area contributed by atoms with E-state index in [-0.39, 0.29) is 38.0 Å². The van der Waals surface area contributed by atoms with E-state index in [0.29, 0.717) is 32.4 Å². The van der Waals surface area contributed by atoms with Crippen molar-refractivity contribution in [1.29, 1.82) is 0 Å². The van der Waals surface area contributed by atoms with Crippen LogP contribution in [-0.4, -0.2) is 90.1 Å². The SMILES string of the molecule is COC[C@@H](COCCC(=O)N1CCN(c2cnc(C(F)(F)F)cn2)CC1)Nc1cn[nH]c(=O)c1C(F)(F)F. The molecule has 1 amide bonds. The number of methoxy groups -OCH3 is 1. The van der Waals surface area contributed by atoms with E-state index in [0.717, 1.165) is 12.4 Å². The first-order chi connectivity index (χ1) is 17.9. The maximum absolute atomic E-state index is 13.3. The number of hydrogen-bond acceptors (Lipinski definition) is 9. The number of ether oxygens (including phenoxy) is 2. The van der Waals surface area contributed by atoms with Crippen molar-refractivity contribution in [3.05, 3.63) is 40.2 Å². The summed E-state index contributed by atoms with van der Waals surface area (Å²) in [6, 6.07) is -0.770. The molecule has 1 aliphatic rings. The van der Waals surface area contributed by atoms with Crippen molar-refractivity contribution < 1.29 is 40.6 Å². The summed E-state index contributed by atoms with van der Waals surface area (Å²) >= 11 is 0. The van der Waals surface area contributed by atoms with Gasteiger partial charge in [0.15, 0.2) is 5.69 Å². The van der Waals surface area contributed by atoms with Crippen LogP contribution in [0.1, 0.15) is 17.7 Å². The Bertz CT molecular complexity index is 1120. The molecule has 0 spiro atoms. The number of piperazine rings is 1. The van der Waals surface area contributed by atoms with Crippen LogP contribution in [0.4, 0.5) is 37.8 Å². The summed E-state index contributed by atoms with van der Waals surface area (Å²) in [4.78, 5) is 34.6. The minimum Gasteiger partial charge on any atom is -0.382 e. The lowest BCUT2D eigenvalue weighted by molar-refractivity contribution is -0.141. The first kappa shape index (κ1) is 29.1. The summed E-state index contributed by atoms with van der Waals surface area (Å²) in [5.74, 6) is 0.0481. The van der Waals surface area contributed by atoms with Crippen molar-refractivity contribution in [2.45, 2.75) is 24.8 Å². The van der Waals surface area contributed by atoms with Gasteiger partial charge in [-0.2, -0.15) is 31.4 Å².